The van der Waals surface area contributed by atoms with Crippen LogP contribution in [0.4, 0.5) is 11.4 Å². The van der Waals surface area contributed by atoms with Crippen LogP contribution in [0.1, 0.15) is 6.92 Å². The summed E-state index contributed by atoms with van der Waals surface area (Å²) in [5, 5.41) is 21.6. The van der Waals surface area contributed by atoms with Crippen LogP contribution in [0, 0.1) is 10.1 Å². The van der Waals surface area contributed by atoms with Gasteiger partial charge in [-0.1, -0.05) is 0 Å². The molecular weight excluding hydrogens is 212 g/mol. The number of nitro groups is 1. The smallest absolute Gasteiger partial charge is 0.330 e. The van der Waals surface area contributed by atoms with Crippen molar-refractivity contribution in [1.82, 2.24) is 0 Å². The van der Waals surface area contributed by atoms with Crippen molar-refractivity contribution in [1.29, 1.82) is 0 Å². The Hall–Kier alpha value is -2.37. The molecule has 0 saturated carbocycles. The zero-order valence-electron chi connectivity index (χ0n) is 8.51. The summed E-state index contributed by atoms with van der Waals surface area (Å²) in [5.74, 6) is -1.05. The molecule has 1 aromatic carbocycles. The van der Waals surface area contributed by atoms with Crippen molar-refractivity contribution >= 4 is 17.3 Å². The van der Waals surface area contributed by atoms with Gasteiger partial charge >= 0.3 is 5.97 Å². The van der Waals surface area contributed by atoms with Gasteiger partial charge in [-0.05, 0) is 19.1 Å². The number of allylic oxidation sites excluding steroid dienone is 1. The maximum absolute atomic E-state index is 10.4. The first kappa shape index (κ1) is 11.7. The van der Waals surface area contributed by atoms with Crippen molar-refractivity contribution in [2.75, 3.05) is 5.32 Å². The average molecular weight is 222 g/mol. The van der Waals surface area contributed by atoms with E-state index in [-0.39, 0.29) is 5.69 Å². The summed E-state index contributed by atoms with van der Waals surface area (Å²) in [4.78, 5) is 20.2. The van der Waals surface area contributed by atoms with Gasteiger partial charge in [0.1, 0.15) is 0 Å². The molecule has 6 heteroatoms. The van der Waals surface area contributed by atoms with Crippen LogP contribution < -0.4 is 5.32 Å². The van der Waals surface area contributed by atoms with E-state index in [2.05, 4.69) is 5.32 Å². The first-order valence-corrected chi connectivity index (χ1v) is 4.42. The fraction of sp³-hybridized carbons (Fsp3) is 0.100. The second-order valence-electron chi connectivity index (χ2n) is 3.09. The van der Waals surface area contributed by atoms with Gasteiger partial charge < -0.3 is 10.4 Å². The zero-order chi connectivity index (χ0) is 12.1. The number of carboxylic acid groups (broad SMARTS) is 1. The quantitative estimate of drug-likeness (QED) is 0.461. The Kier molecular flexibility index (Phi) is 3.60. The minimum Gasteiger partial charge on any atom is -0.478 e. The molecule has 0 amide bonds. The summed E-state index contributed by atoms with van der Waals surface area (Å²) in [6.07, 6.45) is 1.02. The number of hydrogen-bond acceptors (Lipinski definition) is 4. The molecule has 0 bridgehead atoms. The van der Waals surface area contributed by atoms with E-state index in [4.69, 9.17) is 5.11 Å². The molecule has 6 nitrogen and oxygen atoms in total. The number of nitrogens with one attached hydrogen (secondary N) is 1. The number of benzene rings is 1. The number of carboxylic acids is 1. The van der Waals surface area contributed by atoms with Gasteiger partial charge in [-0.15, -0.1) is 0 Å². The summed E-state index contributed by atoms with van der Waals surface area (Å²) >= 11 is 0. The number of nitro benzene ring substituents is 1. The van der Waals surface area contributed by atoms with Gasteiger partial charge in [0.05, 0.1) is 4.92 Å². The molecule has 1 aromatic rings. The van der Waals surface area contributed by atoms with Crippen molar-refractivity contribution in [3.8, 4) is 0 Å². The van der Waals surface area contributed by atoms with Gasteiger partial charge in [0, 0.05) is 29.6 Å². The summed E-state index contributed by atoms with van der Waals surface area (Å²) in [6, 6.07) is 5.71. The Morgan fingerprint density at radius 3 is 2.44 bits per heavy atom. The topological polar surface area (TPSA) is 92.5 Å². The fourth-order valence-corrected chi connectivity index (χ4v) is 1.12. The molecule has 0 aliphatic rings. The van der Waals surface area contributed by atoms with Crippen molar-refractivity contribution < 1.29 is 14.8 Å². The van der Waals surface area contributed by atoms with E-state index in [1.807, 2.05) is 0 Å². The van der Waals surface area contributed by atoms with E-state index in [0.29, 0.717) is 11.4 Å². The molecule has 0 aliphatic heterocycles. The first-order chi connectivity index (χ1) is 7.49. The van der Waals surface area contributed by atoms with Gasteiger partial charge in [0.25, 0.3) is 5.69 Å². The van der Waals surface area contributed by atoms with E-state index in [1.54, 1.807) is 6.92 Å². The van der Waals surface area contributed by atoms with E-state index in [9.17, 15) is 14.9 Å². The SMILES string of the molecule is C/C(=C/C(=O)O)Nc1ccc([N+](=O)[O-])cc1. The highest BCUT2D eigenvalue weighted by Crippen LogP contribution is 2.16. The van der Waals surface area contributed by atoms with Gasteiger partial charge in [0.15, 0.2) is 0 Å². The van der Waals surface area contributed by atoms with Crippen LogP contribution in [0.2, 0.25) is 0 Å². The number of hydrogen-bond donors (Lipinski definition) is 2. The third kappa shape index (κ3) is 3.41. The van der Waals surface area contributed by atoms with E-state index >= 15 is 0 Å². The second kappa shape index (κ2) is 4.92. The Morgan fingerprint density at radius 1 is 1.44 bits per heavy atom. The Bertz CT molecular complexity index is 437. The van der Waals surface area contributed by atoms with Crippen LogP contribution >= 0.6 is 0 Å². The van der Waals surface area contributed by atoms with E-state index < -0.39 is 10.9 Å². The molecule has 16 heavy (non-hydrogen) atoms. The maximum atomic E-state index is 10.4. The summed E-state index contributed by atoms with van der Waals surface area (Å²) in [5.41, 5.74) is 1.03. The third-order valence-electron chi connectivity index (χ3n) is 1.76. The predicted molar refractivity (Wildman–Crippen MR) is 58.1 cm³/mol. The van der Waals surface area contributed by atoms with Gasteiger partial charge in [-0.3, -0.25) is 10.1 Å². The summed E-state index contributed by atoms with van der Waals surface area (Å²) in [6.45, 7) is 1.59. The van der Waals surface area contributed by atoms with Gasteiger partial charge in [-0.25, -0.2) is 4.79 Å². The molecule has 0 aromatic heterocycles. The highest BCUT2D eigenvalue weighted by molar-refractivity contribution is 5.81. The Morgan fingerprint density at radius 2 is 2.00 bits per heavy atom. The number of carbonyl (C=O) groups is 1. The summed E-state index contributed by atoms with van der Waals surface area (Å²) < 4.78 is 0. The molecule has 0 atom stereocenters. The van der Waals surface area contributed by atoms with E-state index in [1.165, 1.54) is 24.3 Å². The predicted octanol–water partition coefficient (Wildman–Crippen LogP) is 2.00. The van der Waals surface area contributed by atoms with Crippen LogP contribution in [0.3, 0.4) is 0 Å². The normalized spacial score (nSPS) is 10.9. The number of aliphatic carboxylic acids is 1. The van der Waals surface area contributed by atoms with Crippen LogP contribution in [-0.4, -0.2) is 16.0 Å². The maximum Gasteiger partial charge on any atom is 0.330 e. The monoisotopic (exact) mass is 222 g/mol. The van der Waals surface area contributed by atoms with Crippen molar-refractivity contribution in [2.24, 2.45) is 0 Å². The minimum absolute atomic E-state index is 0.00887. The molecule has 0 spiro atoms. The van der Waals surface area contributed by atoms with Gasteiger partial charge in [0.2, 0.25) is 0 Å². The molecule has 0 saturated heterocycles. The summed E-state index contributed by atoms with van der Waals surface area (Å²) in [7, 11) is 0. The fourth-order valence-electron chi connectivity index (χ4n) is 1.12. The second-order valence-corrected chi connectivity index (χ2v) is 3.09. The number of non-ortho nitro benzene ring substituents is 1. The lowest BCUT2D eigenvalue weighted by Gasteiger charge is -2.04. The molecule has 0 heterocycles. The van der Waals surface area contributed by atoms with Crippen molar-refractivity contribution in [3.05, 3.63) is 46.2 Å². The van der Waals surface area contributed by atoms with Crippen molar-refractivity contribution in [2.45, 2.75) is 6.92 Å². The van der Waals surface area contributed by atoms with Crippen LogP contribution in [0.5, 0.6) is 0 Å². The Balaban J connectivity index is 2.76. The lowest BCUT2D eigenvalue weighted by atomic mass is 10.2. The van der Waals surface area contributed by atoms with Crippen LogP contribution in [0.25, 0.3) is 0 Å². The number of nitrogens with zero attached hydrogens (tertiary/aromatic N) is 1. The largest absolute Gasteiger partial charge is 0.478 e. The van der Waals surface area contributed by atoms with Gasteiger partial charge in [-0.2, -0.15) is 0 Å². The molecule has 0 unspecified atom stereocenters. The molecule has 0 fully saturated rings. The molecule has 2 N–H and O–H groups in total. The third-order valence-corrected chi connectivity index (χ3v) is 1.76. The molecule has 84 valence electrons. The number of anilines is 1. The molecule has 0 radical (unpaired) electrons. The Labute approximate surface area is 91.4 Å². The first-order valence-electron chi connectivity index (χ1n) is 4.42. The lowest BCUT2D eigenvalue weighted by molar-refractivity contribution is -0.384. The number of rotatable bonds is 4. The zero-order valence-corrected chi connectivity index (χ0v) is 8.51. The van der Waals surface area contributed by atoms with E-state index in [0.717, 1.165) is 6.08 Å². The average Bonchev–Trinajstić information content (AvgIpc) is 2.16. The highest BCUT2D eigenvalue weighted by atomic mass is 16.6. The molecule has 0 aliphatic carbocycles. The van der Waals surface area contributed by atoms with Crippen LogP contribution in [0.15, 0.2) is 36.0 Å². The van der Waals surface area contributed by atoms with Crippen molar-refractivity contribution in [3.63, 3.8) is 0 Å². The molecule has 1 rings (SSSR count). The highest BCUT2D eigenvalue weighted by Gasteiger charge is 2.03. The lowest BCUT2D eigenvalue weighted by Crippen LogP contribution is -1.99. The minimum atomic E-state index is -1.05. The van der Waals surface area contributed by atoms with Crippen LogP contribution in [-0.2, 0) is 4.79 Å². The standard InChI is InChI=1S/C10H10N2O4/c1-7(6-10(13)14)11-8-2-4-9(5-3-8)12(15)16/h2-6,11H,1H3,(H,13,14)/b7-6-. The molecular formula is C10H10N2O4.